The lowest BCUT2D eigenvalue weighted by molar-refractivity contribution is 0.727. The molecule has 0 bridgehead atoms. The quantitative estimate of drug-likeness (QED) is 0.745. The minimum absolute atomic E-state index is 0.0303. The first-order valence-electron chi connectivity index (χ1n) is 4.81. The van der Waals surface area contributed by atoms with Crippen LogP contribution >= 0.6 is 0 Å². The monoisotopic (exact) mass is 189 g/mol. The van der Waals surface area contributed by atoms with Gasteiger partial charge in [0.1, 0.15) is 5.82 Å². The van der Waals surface area contributed by atoms with E-state index in [9.17, 15) is 0 Å². The Bertz CT molecular complexity index is 469. The van der Waals surface area contributed by atoms with E-state index in [1.54, 1.807) is 0 Å². The second-order valence-electron chi connectivity index (χ2n) is 3.73. The molecule has 2 N–H and O–H groups in total. The van der Waals surface area contributed by atoms with Crippen molar-refractivity contribution in [1.29, 1.82) is 0 Å². The fraction of sp³-hybridized carbons (Fsp3) is 0.364. The number of hydrogen-bond donors (Lipinski definition) is 1. The lowest BCUT2D eigenvalue weighted by atomic mass is 10.3. The van der Waals surface area contributed by atoms with E-state index in [1.807, 2.05) is 19.9 Å². The summed E-state index contributed by atoms with van der Waals surface area (Å²) in [6.07, 6.45) is 0. The van der Waals surface area contributed by atoms with Crippen molar-refractivity contribution in [2.75, 3.05) is 0 Å². The summed E-state index contributed by atoms with van der Waals surface area (Å²) >= 11 is 0. The van der Waals surface area contributed by atoms with Crippen LogP contribution in [0.4, 0.5) is 0 Å². The first kappa shape index (κ1) is 9.21. The molecule has 0 aliphatic rings. The predicted molar refractivity (Wildman–Crippen MR) is 57.3 cm³/mol. The minimum Gasteiger partial charge on any atom is -0.322 e. The lowest BCUT2D eigenvalue weighted by Gasteiger charge is -2.06. The molecule has 0 spiro atoms. The molecule has 74 valence electrons. The van der Waals surface area contributed by atoms with Gasteiger partial charge in [0.2, 0.25) is 0 Å². The zero-order valence-electron chi connectivity index (χ0n) is 8.78. The van der Waals surface area contributed by atoms with Crippen molar-refractivity contribution in [1.82, 2.24) is 9.38 Å². The molecule has 2 heterocycles. The maximum atomic E-state index is 5.88. The van der Waals surface area contributed by atoms with Crippen LogP contribution in [-0.2, 0) is 0 Å². The third kappa shape index (κ3) is 1.21. The lowest BCUT2D eigenvalue weighted by Crippen LogP contribution is -2.10. The number of fused-ring (bicyclic) bond motifs is 1. The van der Waals surface area contributed by atoms with E-state index >= 15 is 0 Å². The Morgan fingerprint density at radius 1 is 1.36 bits per heavy atom. The van der Waals surface area contributed by atoms with E-state index in [4.69, 9.17) is 5.73 Å². The zero-order chi connectivity index (χ0) is 10.3. The zero-order valence-corrected chi connectivity index (χ0v) is 8.78. The van der Waals surface area contributed by atoms with Crippen LogP contribution < -0.4 is 5.73 Å². The van der Waals surface area contributed by atoms with Crippen molar-refractivity contribution in [2.24, 2.45) is 5.73 Å². The molecule has 0 radical (unpaired) electrons. The second kappa shape index (κ2) is 3.10. The Morgan fingerprint density at radius 3 is 2.71 bits per heavy atom. The number of pyridine rings is 1. The summed E-state index contributed by atoms with van der Waals surface area (Å²) in [6, 6.07) is 6.16. The Morgan fingerprint density at radius 2 is 2.07 bits per heavy atom. The molecule has 1 unspecified atom stereocenters. The molecule has 1 atom stereocenters. The third-order valence-electron chi connectivity index (χ3n) is 2.47. The van der Waals surface area contributed by atoms with Crippen LogP contribution in [0.5, 0.6) is 0 Å². The SMILES string of the molecule is Cc1nc(C(C)N)n2c(C)cccc12. The van der Waals surface area contributed by atoms with Gasteiger partial charge in [-0.1, -0.05) is 6.07 Å². The fourth-order valence-electron chi connectivity index (χ4n) is 1.79. The van der Waals surface area contributed by atoms with Crippen molar-refractivity contribution >= 4 is 5.52 Å². The molecular formula is C11H15N3. The van der Waals surface area contributed by atoms with Gasteiger partial charge < -0.3 is 5.73 Å². The molecule has 2 rings (SSSR count). The molecule has 0 fully saturated rings. The highest BCUT2D eigenvalue weighted by Crippen LogP contribution is 2.18. The predicted octanol–water partition coefficient (Wildman–Crippen LogP) is 1.97. The molecule has 0 aliphatic carbocycles. The van der Waals surface area contributed by atoms with E-state index in [0.29, 0.717) is 0 Å². The van der Waals surface area contributed by atoms with Crippen LogP contribution in [0.15, 0.2) is 18.2 Å². The second-order valence-corrected chi connectivity index (χ2v) is 3.73. The number of hydrogen-bond acceptors (Lipinski definition) is 2. The molecule has 0 amide bonds. The number of nitrogens with zero attached hydrogens (tertiary/aromatic N) is 2. The summed E-state index contributed by atoms with van der Waals surface area (Å²) in [6.45, 7) is 6.04. The number of aryl methyl sites for hydroxylation is 2. The molecule has 3 heteroatoms. The summed E-state index contributed by atoms with van der Waals surface area (Å²) in [7, 11) is 0. The number of nitrogens with two attached hydrogens (primary N) is 1. The van der Waals surface area contributed by atoms with Gasteiger partial charge in [0.05, 0.1) is 17.3 Å². The average Bonchev–Trinajstić information content (AvgIpc) is 2.46. The summed E-state index contributed by atoms with van der Waals surface area (Å²) < 4.78 is 2.12. The van der Waals surface area contributed by atoms with Crippen LogP contribution in [0.25, 0.3) is 5.52 Å². The molecule has 2 aromatic rings. The van der Waals surface area contributed by atoms with Crippen molar-refractivity contribution in [3.8, 4) is 0 Å². The molecule has 14 heavy (non-hydrogen) atoms. The van der Waals surface area contributed by atoms with Gasteiger partial charge in [-0.25, -0.2) is 4.98 Å². The Hall–Kier alpha value is -1.35. The van der Waals surface area contributed by atoms with Gasteiger partial charge in [0.25, 0.3) is 0 Å². The topological polar surface area (TPSA) is 43.3 Å². The van der Waals surface area contributed by atoms with Crippen LogP contribution in [0.1, 0.15) is 30.2 Å². The van der Waals surface area contributed by atoms with Crippen molar-refractivity contribution in [3.05, 3.63) is 35.4 Å². The molecule has 0 aliphatic heterocycles. The molecular weight excluding hydrogens is 174 g/mol. The van der Waals surface area contributed by atoms with Crippen molar-refractivity contribution < 1.29 is 0 Å². The maximum absolute atomic E-state index is 5.88. The van der Waals surface area contributed by atoms with Gasteiger partial charge in [0, 0.05) is 5.69 Å². The Kier molecular flexibility index (Phi) is 2.04. The van der Waals surface area contributed by atoms with Gasteiger partial charge in [-0.15, -0.1) is 0 Å². The largest absolute Gasteiger partial charge is 0.322 e. The summed E-state index contributed by atoms with van der Waals surface area (Å²) in [4.78, 5) is 4.49. The number of rotatable bonds is 1. The van der Waals surface area contributed by atoms with E-state index < -0.39 is 0 Å². The first-order valence-corrected chi connectivity index (χ1v) is 4.81. The minimum atomic E-state index is -0.0303. The van der Waals surface area contributed by atoms with Gasteiger partial charge in [0.15, 0.2) is 0 Å². The highest BCUT2D eigenvalue weighted by molar-refractivity contribution is 5.54. The summed E-state index contributed by atoms with van der Waals surface area (Å²) in [5.74, 6) is 0.940. The van der Waals surface area contributed by atoms with Gasteiger partial charge in [-0.3, -0.25) is 4.40 Å². The third-order valence-corrected chi connectivity index (χ3v) is 2.47. The molecule has 0 saturated carbocycles. The van der Waals surface area contributed by atoms with Gasteiger partial charge in [-0.05, 0) is 32.9 Å². The van der Waals surface area contributed by atoms with Gasteiger partial charge >= 0.3 is 0 Å². The number of aromatic nitrogens is 2. The Labute approximate surface area is 83.6 Å². The van der Waals surface area contributed by atoms with E-state index in [2.05, 4.69) is 28.4 Å². The highest BCUT2D eigenvalue weighted by atomic mass is 15.1. The van der Waals surface area contributed by atoms with Crippen LogP contribution in [0.3, 0.4) is 0 Å². The van der Waals surface area contributed by atoms with Crippen LogP contribution in [-0.4, -0.2) is 9.38 Å². The number of imidazole rings is 1. The normalized spacial score (nSPS) is 13.4. The van der Waals surface area contributed by atoms with Gasteiger partial charge in [-0.2, -0.15) is 0 Å². The average molecular weight is 189 g/mol. The molecule has 0 saturated heterocycles. The first-order chi connectivity index (χ1) is 6.61. The van der Waals surface area contributed by atoms with E-state index in [0.717, 1.165) is 17.0 Å². The van der Waals surface area contributed by atoms with E-state index in [1.165, 1.54) is 5.69 Å². The summed E-state index contributed by atoms with van der Waals surface area (Å²) in [5, 5.41) is 0. The highest BCUT2D eigenvalue weighted by Gasteiger charge is 2.11. The molecule has 2 aromatic heterocycles. The standard InChI is InChI=1S/C11H15N3/c1-7-5-4-6-10-9(3)13-11(8(2)12)14(7)10/h4-6,8H,12H2,1-3H3. The van der Waals surface area contributed by atoms with Crippen LogP contribution in [0.2, 0.25) is 0 Å². The summed E-state index contributed by atoms with van der Waals surface area (Å²) in [5.41, 5.74) is 9.25. The smallest absolute Gasteiger partial charge is 0.130 e. The van der Waals surface area contributed by atoms with E-state index in [-0.39, 0.29) is 6.04 Å². The van der Waals surface area contributed by atoms with Crippen LogP contribution in [0, 0.1) is 13.8 Å². The Balaban J connectivity index is 2.86. The molecule has 0 aromatic carbocycles. The molecule has 3 nitrogen and oxygen atoms in total. The van der Waals surface area contributed by atoms with Crippen molar-refractivity contribution in [2.45, 2.75) is 26.8 Å². The maximum Gasteiger partial charge on any atom is 0.130 e. The fourth-order valence-corrected chi connectivity index (χ4v) is 1.79. The van der Waals surface area contributed by atoms with Crippen molar-refractivity contribution in [3.63, 3.8) is 0 Å².